The summed E-state index contributed by atoms with van der Waals surface area (Å²) in [6.45, 7) is 7.06. The number of aromatic nitrogens is 2. The molecule has 1 aromatic heterocycles. The summed E-state index contributed by atoms with van der Waals surface area (Å²) in [5.74, 6) is 0.703. The van der Waals surface area contributed by atoms with E-state index in [1.807, 2.05) is 16.9 Å². The first-order valence-electron chi connectivity index (χ1n) is 7.40. The largest absolute Gasteiger partial charge is 0.356 e. The normalized spacial score (nSPS) is 13.2. The molecule has 0 saturated heterocycles. The zero-order chi connectivity index (χ0) is 16.6. The fourth-order valence-electron chi connectivity index (χ4n) is 1.71. The topological polar surface area (TPSA) is 88.4 Å². The Labute approximate surface area is 133 Å². The minimum Gasteiger partial charge on any atom is -0.356 e. The van der Waals surface area contributed by atoms with E-state index in [-0.39, 0.29) is 5.75 Å². The maximum absolute atomic E-state index is 12.0. The summed E-state index contributed by atoms with van der Waals surface area (Å²) >= 11 is 0. The van der Waals surface area contributed by atoms with Gasteiger partial charge in [-0.05, 0) is 33.3 Å². The van der Waals surface area contributed by atoms with E-state index in [4.69, 9.17) is 0 Å². The monoisotopic (exact) mass is 329 g/mol. The van der Waals surface area contributed by atoms with Crippen molar-refractivity contribution in [2.75, 3.05) is 25.9 Å². The molecule has 0 fully saturated rings. The van der Waals surface area contributed by atoms with Crippen LogP contribution < -0.4 is 10.6 Å². The van der Waals surface area contributed by atoms with Crippen LogP contribution in [0.2, 0.25) is 0 Å². The number of nitrogens with zero attached hydrogens (tertiary/aromatic N) is 3. The second-order valence-electron chi connectivity index (χ2n) is 5.98. The van der Waals surface area contributed by atoms with Gasteiger partial charge >= 0.3 is 0 Å². The van der Waals surface area contributed by atoms with Gasteiger partial charge in [0.15, 0.2) is 15.8 Å². The Hall–Kier alpha value is -1.57. The fraction of sp³-hybridized carbons (Fsp3) is 0.714. The number of nitrogens with one attached hydrogen (secondary N) is 2. The lowest BCUT2D eigenvalue weighted by Crippen LogP contribution is -2.42. The summed E-state index contributed by atoms with van der Waals surface area (Å²) in [7, 11) is -1.45. The summed E-state index contributed by atoms with van der Waals surface area (Å²) in [4.78, 5) is 4.08. The Bertz CT molecular complexity index is 559. The molecule has 8 heteroatoms. The molecule has 1 rings (SSSR count). The summed E-state index contributed by atoms with van der Waals surface area (Å²) in [5.41, 5.74) is 0. The number of guanidine groups is 1. The molecule has 1 aromatic rings. The van der Waals surface area contributed by atoms with Crippen LogP contribution in [0.4, 0.5) is 0 Å². The highest BCUT2D eigenvalue weighted by atomic mass is 32.2. The maximum Gasteiger partial charge on any atom is 0.191 e. The molecule has 0 aliphatic heterocycles. The Morgan fingerprint density at radius 3 is 2.50 bits per heavy atom. The van der Waals surface area contributed by atoms with Crippen LogP contribution in [0, 0.1) is 0 Å². The zero-order valence-electron chi connectivity index (χ0n) is 13.8. The molecular weight excluding hydrogens is 302 g/mol. The minimum absolute atomic E-state index is 0.0878. The Balaban J connectivity index is 2.25. The maximum atomic E-state index is 12.0. The van der Waals surface area contributed by atoms with Crippen molar-refractivity contribution in [1.82, 2.24) is 20.4 Å². The molecule has 0 aliphatic rings. The van der Waals surface area contributed by atoms with Gasteiger partial charge in [-0.2, -0.15) is 5.10 Å². The Kier molecular flexibility index (Phi) is 6.86. The summed E-state index contributed by atoms with van der Waals surface area (Å²) < 4.78 is 25.1. The first kappa shape index (κ1) is 18.5. The van der Waals surface area contributed by atoms with Crippen LogP contribution in [0.3, 0.4) is 0 Å². The lowest BCUT2D eigenvalue weighted by molar-refractivity contribution is 0.558. The third-order valence-electron chi connectivity index (χ3n) is 3.24. The van der Waals surface area contributed by atoms with E-state index in [0.29, 0.717) is 12.5 Å². The van der Waals surface area contributed by atoms with Crippen molar-refractivity contribution in [2.45, 2.75) is 38.5 Å². The molecule has 0 spiro atoms. The summed E-state index contributed by atoms with van der Waals surface area (Å²) in [6.07, 6.45) is 4.58. The first-order chi connectivity index (χ1) is 10.3. The van der Waals surface area contributed by atoms with Crippen molar-refractivity contribution in [3.63, 3.8) is 0 Å². The van der Waals surface area contributed by atoms with Crippen LogP contribution in [-0.2, 0) is 16.4 Å². The Morgan fingerprint density at radius 1 is 1.27 bits per heavy atom. The van der Waals surface area contributed by atoms with E-state index in [1.54, 1.807) is 34.0 Å². The molecule has 0 atom stereocenters. The molecule has 7 nitrogen and oxygen atoms in total. The van der Waals surface area contributed by atoms with Crippen molar-refractivity contribution >= 4 is 15.8 Å². The first-order valence-corrected chi connectivity index (χ1v) is 9.06. The molecule has 126 valence electrons. The van der Waals surface area contributed by atoms with E-state index in [9.17, 15) is 8.42 Å². The smallest absolute Gasteiger partial charge is 0.191 e. The summed E-state index contributed by atoms with van der Waals surface area (Å²) in [5, 5.41) is 10.3. The van der Waals surface area contributed by atoms with Gasteiger partial charge in [0, 0.05) is 39.1 Å². The summed E-state index contributed by atoms with van der Waals surface area (Å²) in [6, 6.07) is 1.89. The highest BCUT2D eigenvalue weighted by Gasteiger charge is 2.28. The third kappa shape index (κ3) is 6.05. The van der Waals surface area contributed by atoms with Gasteiger partial charge in [0.2, 0.25) is 0 Å². The second-order valence-corrected chi connectivity index (χ2v) is 8.84. The molecule has 22 heavy (non-hydrogen) atoms. The van der Waals surface area contributed by atoms with Crippen LogP contribution in [0.1, 0.15) is 27.2 Å². The molecular formula is C14H27N5O2S. The molecule has 0 radical (unpaired) electrons. The quantitative estimate of drug-likeness (QED) is 0.436. The lowest BCUT2D eigenvalue weighted by atomic mass is 10.3. The highest BCUT2D eigenvalue weighted by Crippen LogP contribution is 2.15. The van der Waals surface area contributed by atoms with Crippen LogP contribution in [0.25, 0.3) is 0 Å². The number of aliphatic imine (C=N–C) groups is 1. The predicted octanol–water partition coefficient (Wildman–Crippen LogP) is 0.652. The minimum atomic E-state index is -3.11. The van der Waals surface area contributed by atoms with Crippen molar-refractivity contribution < 1.29 is 8.42 Å². The molecule has 0 amide bonds. The van der Waals surface area contributed by atoms with Crippen LogP contribution in [-0.4, -0.2) is 54.8 Å². The zero-order valence-corrected chi connectivity index (χ0v) is 14.7. The van der Waals surface area contributed by atoms with E-state index in [0.717, 1.165) is 19.5 Å². The number of aryl methyl sites for hydroxylation is 1. The predicted molar refractivity (Wildman–Crippen MR) is 89.7 cm³/mol. The standard InChI is InChI=1S/C14H27N5O2S/c1-14(2,3)22(20,21)12-9-17-13(15-4)16-7-5-10-19-11-6-8-18-19/h6,8,11H,5,7,9-10,12H2,1-4H3,(H2,15,16,17). The van der Waals surface area contributed by atoms with Gasteiger partial charge in [0.25, 0.3) is 0 Å². The van der Waals surface area contributed by atoms with E-state index in [1.165, 1.54) is 0 Å². The van der Waals surface area contributed by atoms with Crippen molar-refractivity contribution in [1.29, 1.82) is 0 Å². The number of hydrogen-bond acceptors (Lipinski definition) is 4. The van der Waals surface area contributed by atoms with Gasteiger partial charge in [0.05, 0.1) is 10.5 Å². The lowest BCUT2D eigenvalue weighted by Gasteiger charge is -2.19. The van der Waals surface area contributed by atoms with E-state index in [2.05, 4.69) is 20.7 Å². The van der Waals surface area contributed by atoms with Crippen LogP contribution >= 0.6 is 0 Å². The highest BCUT2D eigenvalue weighted by molar-refractivity contribution is 7.92. The Morgan fingerprint density at radius 2 is 1.95 bits per heavy atom. The SMILES string of the molecule is CN=C(NCCCn1cccn1)NCCS(=O)(=O)C(C)(C)C. The molecule has 0 aliphatic carbocycles. The van der Waals surface area contributed by atoms with Gasteiger partial charge in [0.1, 0.15) is 0 Å². The van der Waals surface area contributed by atoms with Gasteiger partial charge < -0.3 is 10.6 Å². The molecule has 0 saturated carbocycles. The molecule has 0 unspecified atom stereocenters. The third-order valence-corrected chi connectivity index (χ3v) is 5.84. The molecule has 2 N–H and O–H groups in total. The number of hydrogen-bond donors (Lipinski definition) is 2. The van der Waals surface area contributed by atoms with Crippen molar-refractivity contribution in [3.8, 4) is 0 Å². The van der Waals surface area contributed by atoms with Crippen molar-refractivity contribution in [2.24, 2.45) is 4.99 Å². The van der Waals surface area contributed by atoms with Crippen molar-refractivity contribution in [3.05, 3.63) is 18.5 Å². The van der Waals surface area contributed by atoms with Gasteiger partial charge in [-0.1, -0.05) is 0 Å². The van der Waals surface area contributed by atoms with E-state index >= 15 is 0 Å². The fourth-order valence-corrected chi connectivity index (χ4v) is 2.69. The number of sulfone groups is 1. The average Bonchev–Trinajstić information content (AvgIpc) is 2.93. The van der Waals surface area contributed by atoms with Gasteiger partial charge in [-0.3, -0.25) is 9.67 Å². The molecule has 0 aromatic carbocycles. The number of rotatable bonds is 7. The van der Waals surface area contributed by atoms with Gasteiger partial charge in [-0.15, -0.1) is 0 Å². The van der Waals surface area contributed by atoms with E-state index < -0.39 is 14.6 Å². The van der Waals surface area contributed by atoms with Crippen LogP contribution in [0.5, 0.6) is 0 Å². The molecule has 0 bridgehead atoms. The van der Waals surface area contributed by atoms with Gasteiger partial charge in [-0.25, -0.2) is 8.42 Å². The van der Waals surface area contributed by atoms with Crippen LogP contribution in [0.15, 0.2) is 23.5 Å². The second kappa shape index (κ2) is 8.17. The average molecular weight is 329 g/mol. The molecule has 1 heterocycles.